The zero-order valence-corrected chi connectivity index (χ0v) is 14.1. The smallest absolute Gasteiger partial charge is 0.335 e. The first-order valence-corrected chi connectivity index (χ1v) is 8.16. The first-order valence-electron chi connectivity index (χ1n) is 7.34. The Labute approximate surface area is 151 Å². The fraction of sp³-hybridized carbons (Fsp3) is 0.0625. The van der Waals surface area contributed by atoms with E-state index in [1.165, 1.54) is 18.3 Å². The maximum absolute atomic E-state index is 11.7. The predicted molar refractivity (Wildman–Crippen MR) is 94.9 cm³/mol. The van der Waals surface area contributed by atoms with E-state index in [0.717, 1.165) is 11.3 Å². The zero-order chi connectivity index (χ0) is 18.5. The summed E-state index contributed by atoms with van der Waals surface area (Å²) in [6.45, 7) is 0. The summed E-state index contributed by atoms with van der Waals surface area (Å²) in [7, 11) is 0. The molecule has 26 heavy (non-hydrogen) atoms. The predicted octanol–water partition coefficient (Wildman–Crippen LogP) is 1.77. The van der Waals surface area contributed by atoms with E-state index >= 15 is 0 Å². The minimum absolute atomic E-state index is 0.0254. The van der Waals surface area contributed by atoms with Gasteiger partial charge in [0.1, 0.15) is 16.5 Å². The van der Waals surface area contributed by atoms with Crippen molar-refractivity contribution in [1.82, 2.24) is 15.6 Å². The topological polar surface area (TPSA) is 144 Å². The van der Waals surface area contributed by atoms with Gasteiger partial charge in [-0.25, -0.2) is 10.2 Å². The van der Waals surface area contributed by atoms with Crippen LogP contribution < -0.4 is 11.2 Å². The molecule has 1 aromatic carbocycles. The van der Waals surface area contributed by atoms with Gasteiger partial charge in [0, 0.05) is 5.56 Å². The van der Waals surface area contributed by atoms with E-state index in [2.05, 4.69) is 20.7 Å². The van der Waals surface area contributed by atoms with Crippen molar-refractivity contribution in [3.05, 3.63) is 52.7 Å². The van der Waals surface area contributed by atoms with Crippen LogP contribution in [0.2, 0.25) is 0 Å². The molecule has 0 aliphatic heterocycles. The number of nitrogens with two attached hydrogens (primary N) is 1. The number of anilines is 1. The number of nitrogens with one attached hydrogen (secondary N) is 1. The number of carbonyl (C=O) groups excluding carboxylic acids is 1. The second-order valence-electron chi connectivity index (χ2n) is 5.09. The van der Waals surface area contributed by atoms with E-state index in [9.17, 15) is 9.59 Å². The zero-order valence-electron chi connectivity index (χ0n) is 13.2. The quantitative estimate of drug-likeness (QED) is 0.442. The first-order chi connectivity index (χ1) is 12.5. The lowest BCUT2D eigenvalue weighted by molar-refractivity contribution is -0.120. The van der Waals surface area contributed by atoms with Gasteiger partial charge in [-0.1, -0.05) is 23.5 Å². The van der Waals surface area contributed by atoms with Gasteiger partial charge < -0.3 is 15.3 Å². The van der Waals surface area contributed by atoms with E-state index in [-0.39, 0.29) is 17.9 Å². The Hall–Kier alpha value is -3.53. The van der Waals surface area contributed by atoms with Crippen molar-refractivity contribution in [2.45, 2.75) is 6.42 Å². The van der Waals surface area contributed by atoms with Crippen LogP contribution in [0.5, 0.6) is 0 Å². The van der Waals surface area contributed by atoms with Crippen molar-refractivity contribution < 1.29 is 19.1 Å². The van der Waals surface area contributed by atoms with Crippen LogP contribution >= 0.6 is 11.3 Å². The number of aromatic carboxylic acids is 1. The summed E-state index contributed by atoms with van der Waals surface area (Å²) in [5.74, 6) is -0.482. The lowest BCUT2D eigenvalue weighted by atomic mass is 10.1. The van der Waals surface area contributed by atoms with Crippen LogP contribution in [0.25, 0.3) is 11.3 Å². The molecule has 3 aromatic rings. The van der Waals surface area contributed by atoms with Gasteiger partial charge in [-0.05, 0) is 24.3 Å². The van der Waals surface area contributed by atoms with Crippen LogP contribution in [0.15, 0.2) is 45.9 Å². The summed E-state index contributed by atoms with van der Waals surface area (Å²) in [4.78, 5) is 22.7. The molecule has 1 amide bonds. The number of hydrogen-bond donors (Lipinski definition) is 3. The van der Waals surface area contributed by atoms with Crippen LogP contribution in [-0.4, -0.2) is 33.4 Å². The fourth-order valence-electron chi connectivity index (χ4n) is 2.07. The molecule has 0 saturated heterocycles. The summed E-state index contributed by atoms with van der Waals surface area (Å²) in [6.07, 6.45) is 1.37. The van der Waals surface area contributed by atoms with E-state index in [0.29, 0.717) is 27.2 Å². The van der Waals surface area contributed by atoms with Crippen molar-refractivity contribution in [2.24, 2.45) is 5.10 Å². The monoisotopic (exact) mass is 371 g/mol. The van der Waals surface area contributed by atoms with Crippen LogP contribution in [0.3, 0.4) is 0 Å². The Bertz CT molecular complexity index is 978. The Kier molecular flexibility index (Phi) is 5.04. The Balaban J connectivity index is 1.61. The van der Waals surface area contributed by atoms with Gasteiger partial charge in [0.25, 0.3) is 0 Å². The summed E-state index contributed by atoms with van der Waals surface area (Å²) in [6, 6.07) is 9.73. The molecule has 0 fully saturated rings. The number of nitrogen functional groups attached to an aromatic ring is 1. The highest BCUT2D eigenvalue weighted by Crippen LogP contribution is 2.22. The van der Waals surface area contributed by atoms with Crippen molar-refractivity contribution in [2.75, 3.05) is 5.73 Å². The standard InChI is InChI=1S/C16H13N5O4S/c17-16-21-20-14(26-16)7-13(22)19-18-8-11-4-5-12(25-11)9-2-1-3-10(6-9)15(23)24/h1-6,8H,7H2,(H2,17,21)(H,19,22)(H,23,24). The maximum Gasteiger partial charge on any atom is 0.335 e. The third-order valence-electron chi connectivity index (χ3n) is 3.20. The molecule has 0 unspecified atom stereocenters. The summed E-state index contributed by atoms with van der Waals surface area (Å²) >= 11 is 1.13. The molecule has 0 aliphatic carbocycles. The molecular formula is C16H13N5O4S. The highest BCUT2D eigenvalue weighted by atomic mass is 32.1. The largest absolute Gasteiger partial charge is 0.478 e. The Morgan fingerprint density at radius 3 is 2.88 bits per heavy atom. The Morgan fingerprint density at radius 1 is 1.31 bits per heavy atom. The van der Waals surface area contributed by atoms with Gasteiger partial charge >= 0.3 is 5.97 Å². The van der Waals surface area contributed by atoms with Crippen LogP contribution in [0, 0.1) is 0 Å². The summed E-state index contributed by atoms with van der Waals surface area (Å²) in [5, 5.41) is 21.0. The molecule has 0 aliphatic rings. The number of carboxylic acid groups (broad SMARTS) is 1. The SMILES string of the molecule is Nc1nnc(CC(=O)NN=Cc2ccc(-c3cccc(C(=O)O)c3)o2)s1. The van der Waals surface area contributed by atoms with E-state index < -0.39 is 5.97 Å². The Morgan fingerprint density at radius 2 is 2.15 bits per heavy atom. The van der Waals surface area contributed by atoms with Gasteiger partial charge in [-0.15, -0.1) is 10.2 Å². The highest BCUT2D eigenvalue weighted by Gasteiger charge is 2.09. The van der Waals surface area contributed by atoms with Crippen LogP contribution in [0.4, 0.5) is 5.13 Å². The molecule has 4 N–H and O–H groups in total. The van der Waals surface area contributed by atoms with Crippen LogP contribution in [0.1, 0.15) is 21.1 Å². The van der Waals surface area contributed by atoms with E-state index in [1.807, 2.05) is 0 Å². The normalized spacial score (nSPS) is 10.9. The summed E-state index contributed by atoms with van der Waals surface area (Å²) < 4.78 is 5.58. The molecular weight excluding hydrogens is 358 g/mol. The summed E-state index contributed by atoms with van der Waals surface area (Å²) in [5.41, 5.74) is 8.59. The second-order valence-corrected chi connectivity index (χ2v) is 6.19. The van der Waals surface area contributed by atoms with Crippen molar-refractivity contribution >= 4 is 34.6 Å². The van der Waals surface area contributed by atoms with Crippen LogP contribution in [-0.2, 0) is 11.2 Å². The molecule has 2 heterocycles. The first kappa shape index (κ1) is 17.3. The van der Waals surface area contributed by atoms with Gasteiger partial charge in [0.15, 0.2) is 0 Å². The number of amides is 1. The lowest BCUT2D eigenvalue weighted by Crippen LogP contribution is -2.19. The van der Waals surface area contributed by atoms with Crippen molar-refractivity contribution in [3.63, 3.8) is 0 Å². The number of rotatable bonds is 6. The number of carboxylic acids is 1. The molecule has 0 spiro atoms. The van der Waals surface area contributed by atoms with E-state index in [1.54, 1.807) is 24.3 Å². The number of hydrogen-bond acceptors (Lipinski definition) is 8. The third kappa shape index (κ3) is 4.30. The molecule has 10 heteroatoms. The molecule has 0 atom stereocenters. The minimum Gasteiger partial charge on any atom is -0.478 e. The maximum atomic E-state index is 11.7. The molecule has 9 nitrogen and oxygen atoms in total. The van der Waals surface area contributed by atoms with Gasteiger partial charge in [0.05, 0.1) is 18.2 Å². The number of nitrogens with zero attached hydrogens (tertiary/aromatic N) is 3. The average Bonchev–Trinajstić information content (AvgIpc) is 3.24. The molecule has 132 valence electrons. The highest BCUT2D eigenvalue weighted by molar-refractivity contribution is 7.15. The number of benzene rings is 1. The molecule has 2 aromatic heterocycles. The molecule has 0 radical (unpaired) electrons. The third-order valence-corrected chi connectivity index (χ3v) is 3.95. The van der Waals surface area contributed by atoms with Crippen molar-refractivity contribution in [1.29, 1.82) is 0 Å². The number of hydrazone groups is 1. The molecule has 0 bridgehead atoms. The lowest BCUT2D eigenvalue weighted by Gasteiger charge is -1.99. The van der Waals surface area contributed by atoms with Crippen molar-refractivity contribution in [3.8, 4) is 11.3 Å². The van der Waals surface area contributed by atoms with Gasteiger partial charge in [-0.2, -0.15) is 5.10 Å². The number of carbonyl (C=O) groups is 2. The number of aromatic nitrogens is 2. The fourth-order valence-corrected chi connectivity index (χ4v) is 2.67. The number of furan rings is 1. The van der Waals surface area contributed by atoms with Gasteiger partial charge in [-0.3, -0.25) is 4.79 Å². The van der Waals surface area contributed by atoms with Gasteiger partial charge in [0.2, 0.25) is 11.0 Å². The second kappa shape index (κ2) is 7.57. The molecule has 0 saturated carbocycles. The minimum atomic E-state index is -1.01. The molecule has 3 rings (SSSR count). The average molecular weight is 371 g/mol. The van der Waals surface area contributed by atoms with E-state index in [4.69, 9.17) is 15.3 Å².